The van der Waals surface area contributed by atoms with Crippen molar-refractivity contribution in [1.29, 1.82) is 0 Å². The number of carbonyl (C=O) groups is 1. The van der Waals surface area contributed by atoms with Gasteiger partial charge >= 0.3 is 0 Å². The highest BCUT2D eigenvalue weighted by molar-refractivity contribution is 14.0. The molecule has 23 heavy (non-hydrogen) atoms. The van der Waals surface area contributed by atoms with Crippen molar-refractivity contribution in [2.45, 2.75) is 44.3 Å². The predicted molar refractivity (Wildman–Crippen MR) is 102 cm³/mol. The molecule has 0 aromatic carbocycles. The average molecular weight is 439 g/mol. The van der Waals surface area contributed by atoms with Crippen LogP contribution in [0.15, 0.2) is 4.99 Å². The summed E-state index contributed by atoms with van der Waals surface area (Å²) in [5, 5.41) is 9.27. The summed E-state index contributed by atoms with van der Waals surface area (Å²) >= 11 is 0. The minimum Gasteiger partial charge on any atom is -0.383 e. The summed E-state index contributed by atoms with van der Waals surface area (Å²) in [7, 11) is 3.35. The van der Waals surface area contributed by atoms with Crippen LogP contribution >= 0.6 is 24.0 Å². The molecule has 1 aliphatic carbocycles. The molecule has 2 fully saturated rings. The van der Waals surface area contributed by atoms with E-state index in [4.69, 9.17) is 4.74 Å². The lowest BCUT2D eigenvalue weighted by Gasteiger charge is -2.20. The first kappa shape index (κ1) is 20.4. The molecule has 1 aliphatic heterocycles. The molecule has 2 rings (SSSR count). The molecule has 1 heterocycles. The van der Waals surface area contributed by atoms with E-state index in [2.05, 4.69) is 32.8 Å². The molecule has 2 unspecified atom stereocenters. The van der Waals surface area contributed by atoms with E-state index in [0.717, 1.165) is 19.0 Å². The number of carbonyl (C=O) groups excluding carboxylic acids is 1. The summed E-state index contributed by atoms with van der Waals surface area (Å²) in [5.41, 5.74) is 0. The summed E-state index contributed by atoms with van der Waals surface area (Å²) in [6, 6.07) is 1.82. The molecule has 0 aromatic heterocycles. The number of likely N-dealkylation sites (tertiary alicyclic amines) is 1. The van der Waals surface area contributed by atoms with Gasteiger partial charge in [0, 0.05) is 45.4 Å². The number of methoxy groups -OCH3 is 1. The van der Waals surface area contributed by atoms with Crippen LogP contribution in [-0.4, -0.2) is 75.3 Å². The summed E-state index contributed by atoms with van der Waals surface area (Å²) in [5.74, 6) is 0.635. The van der Waals surface area contributed by atoms with Crippen LogP contribution < -0.4 is 16.0 Å². The van der Waals surface area contributed by atoms with Crippen LogP contribution in [0.4, 0.5) is 0 Å². The van der Waals surface area contributed by atoms with Gasteiger partial charge in [-0.15, -0.1) is 24.0 Å². The van der Waals surface area contributed by atoms with Crippen LogP contribution in [0.5, 0.6) is 0 Å². The number of hydrogen-bond donors (Lipinski definition) is 3. The van der Waals surface area contributed by atoms with Crippen LogP contribution in [-0.2, 0) is 9.53 Å². The Bertz CT molecular complexity index is 403. The number of rotatable bonds is 7. The SMILES string of the molecule is CN=C(NCC(=O)NCCOC)NC1CC(C)N(C2CC2)C1.I. The molecule has 8 heteroatoms. The molecule has 0 spiro atoms. The fraction of sp³-hybridized carbons (Fsp3) is 0.867. The van der Waals surface area contributed by atoms with Crippen LogP contribution in [0.3, 0.4) is 0 Å². The van der Waals surface area contributed by atoms with E-state index in [1.165, 1.54) is 12.8 Å². The highest BCUT2D eigenvalue weighted by atomic mass is 127. The Labute approximate surface area is 156 Å². The second-order valence-corrected chi connectivity index (χ2v) is 6.12. The zero-order valence-electron chi connectivity index (χ0n) is 14.3. The Balaban J connectivity index is 0.00000264. The molecule has 3 N–H and O–H groups in total. The summed E-state index contributed by atoms with van der Waals surface area (Å²) < 4.78 is 4.90. The van der Waals surface area contributed by atoms with E-state index >= 15 is 0 Å². The molecule has 1 saturated heterocycles. The normalized spacial score (nSPS) is 24.9. The van der Waals surface area contributed by atoms with Crippen molar-refractivity contribution in [3.63, 3.8) is 0 Å². The zero-order valence-corrected chi connectivity index (χ0v) is 16.6. The molecule has 2 aliphatic rings. The number of guanidine groups is 1. The maximum Gasteiger partial charge on any atom is 0.239 e. The minimum atomic E-state index is -0.0561. The Kier molecular flexibility index (Phi) is 9.15. The molecule has 0 aromatic rings. The van der Waals surface area contributed by atoms with Gasteiger partial charge in [0.25, 0.3) is 0 Å². The van der Waals surface area contributed by atoms with Crippen molar-refractivity contribution in [2.75, 3.05) is 40.4 Å². The summed E-state index contributed by atoms with van der Waals surface area (Å²) in [6.07, 6.45) is 3.80. The van der Waals surface area contributed by atoms with Gasteiger partial charge in [0.15, 0.2) is 5.96 Å². The average Bonchev–Trinajstić information content (AvgIpc) is 3.27. The van der Waals surface area contributed by atoms with Gasteiger partial charge in [-0.1, -0.05) is 0 Å². The maximum atomic E-state index is 11.7. The van der Waals surface area contributed by atoms with Gasteiger partial charge in [-0.2, -0.15) is 0 Å². The third-order valence-electron chi connectivity index (χ3n) is 4.25. The van der Waals surface area contributed by atoms with E-state index < -0.39 is 0 Å². The van der Waals surface area contributed by atoms with E-state index in [9.17, 15) is 4.79 Å². The van der Waals surface area contributed by atoms with Crippen molar-refractivity contribution in [1.82, 2.24) is 20.9 Å². The van der Waals surface area contributed by atoms with E-state index in [-0.39, 0.29) is 36.4 Å². The van der Waals surface area contributed by atoms with Crippen molar-refractivity contribution in [2.24, 2.45) is 4.99 Å². The summed E-state index contributed by atoms with van der Waals surface area (Å²) in [4.78, 5) is 18.4. The van der Waals surface area contributed by atoms with Crippen LogP contribution in [0.1, 0.15) is 26.2 Å². The smallest absolute Gasteiger partial charge is 0.239 e. The quantitative estimate of drug-likeness (QED) is 0.228. The van der Waals surface area contributed by atoms with Crippen molar-refractivity contribution < 1.29 is 9.53 Å². The number of nitrogens with one attached hydrogen (secondary N) is 3. The van der Waals surface area contributed by atoms with Gasteiger partial charge in [0.1, 0.15) is 0 Å². The predicted octanol–water partition coefficient (Wildman–Crippen LogP) is 0.157. The number of amides is 1. The van der Waals surface area contributed by atoms with Crippen molar-refractivity contribution in [3.05, 3.63) is 0 Å². The Morgan fingerprint density at radius 1 is 1.35 bits per heavy atom. The zero-order chi connectivity index (χ0) is 15.9. The number of aliphatic imine (C=N–C) groups is 1. The molecule has 134 valence electrons. The van der Waals surface area contributed by atoms with Gasteiger partial charge in [0.05, 0.1) is 13.2 Å². The standard InChI is InChI=1S/C15H29N5O2.HI/c1-11-8-12(10-20(11)13-4-5-13)19-15(16-2)18-9-14(21)17-6-7-22-3;/h11-13H,4-10H2,1-3H3,(H,17,21)(H2,16,18,19);1H. The Morgan fingerprint density at radius 3 is 2.70 bits per heavy atom. The first-order chi connectivity index (χ1) is 10.6. The number of halogens is 1. The largest absolute Gasteiger partial charge is 0.383 e. The van der Waals surface area contributed by atoms with Gasteiger partial charge in [-0.3, -0.25) is 14.7 Å². The molecule has 1 amide bonds. The van der Waals surface area contributed by atoms with Crippen LogP contribution in [0.2, 0.25) is 0 Å². The number of hydrogen-bond acceptors (Lipinski definition) is 4. The van der Waals surface area contributed by atoms with E-state index in [1.54, 1.807) is 14.2 Å². The van der Waals surface area contributed by atoms with Crippen molar-refractivity contribution >= 4 is 35.8 Å². The second kappa shape index (κ2) is 10.3. The fourth-order valence-corrected chi connectivity index (χ4v) is 2.98. The molecule has 2 atom stereocenters. The lowest BCUT2D eigenvalue weighted by Crippen LogP contribution is -2.47. The van der Waals surface area contributed by atoms with E-state index in [1.807, 2.05) is 0 Å². The third-order valence-corrected chi connectivity index (χ3v) is 4.25. The van der Waals surface area contributed by atoms with E-state index in [0.29, 0.717) is 31.2 Å². The lowest BCUT2D eigenvalue weighted by atomic mass is 10.2. The molecular formula is C15H30IN5O2. The minimum absolute atomic E-state index is 0. The first-order valence-electron chi connectivity index (χ1n) is 8.12. The Hall–Kier alpha value is -0.610. The number of nitrogens with zero attached hydrogens (tertiary/aromatic N) is 2. The van der Waals surface area contributed by atoms with Gasteiger partial charge in [-0.05, 0) is 26.2 Å². The molecule has 0 bridgehead atoms. The maximum absolute atomic E-state index is 11.7. The third kappa shape index (κ3) is 6.80. The molecule has 1 saturated carbocycles. The summed E-state index contributed by atoms with van der Waals surface area (Å²) in [6.45, 7) is 4.62. The lowest BCUT2D eigenvalue weighted by molar-refractivity contribution is -0.120. The Morgan fingerprint density at radius 2 is 2.09 bits per heavy atom. The van der Waals surface area contributed by atoms with Gasteiger partial charge < -0.3 is 20.7 Å². The first-order valence-corrected chi connectivity index (χ1v) is 8.12. The molecule has 7 nitrogen and oxygen atoms in total. The monoisotopic (exact) mass is 439 g/mol. The molecular weight excluding hydrogens is 409 g/mol. The molecule has 0 radical (unpaired) electrons. The van der Waals surface area contributed by atoms with Gasteiger partial charge in [-0.25, -0.2) is 0 Å². The fourth-order valence-electron chi connectivity index (χ4n) is 2.98. The highest BCUT2D eigenvalue weighted by Gasteiger charge is 2.38. The highest BCUT2D eigenvalue weighted by Crippen LogP contribution is 2.33. The van der Waals surface area contributed by atoms with Gasteiger partial charge in [0.2, 0.25) is 5.91 Å². The van der Waals surface area contributed by atoms with Crippen molar-refractivity contribution in [3.8, 4) is 0 Å². The topological polar surface area (TPSA) is 78.0 Å². The number of ether oxygens (including phenoxy) is 1. The van der Waals surface area contributed by atoms with Crippen LogP contribution in [0.25, 0.3) is 0 Å². The van der Waals surface area contributed by atoms with Crippen LogP contribution in [0, 0.1) is 0 Å². The second-order valence-electron chi connectivity index (χ2n) is 6.12.